The number of aryl methyl sites for hydroxylation is 1. The first kappa shape index (κ1) is 8.24. The molecule has 0 N–H and O–H groups in total. The molecule has 14 heavy (non-hydrogen) atoms. The van der Waals surface area contributed by atoms with Crippen LogP contribution in [0.25, 0.3) is 6.08 Å². The number of rotatable bonds is 1. The van der Waals surface area contributed by atoms with E-state index < -0.39 is 0 Å². The van der Waals surface area contributed by atoms with Gasteiger partial charge in [0, 0.05) is 19.2 Å². The minimum atomic E-state index is 0.778. The van der Waals surface area contributed by atoms with Crippen LogP contribution in [-0.2, 0) is 0 Å². The topological polar surface area (TPSA) is 29.3 Å². The van der Waals surface area contributed by atoms with E-state index in [0.717, 1.165) is 23.9 Å². The summed E-state index contributed by atoms with van der Waals surface area (Å²) >= 11 is 0. The Hall–Kier alpha value is -1.09. The summed E-state index contributed by atoms with van der Waals surface area (Å²) in [5.41, 5.74) is 2.48. The second kappa shape index (κ2) is 2.95. The van der Waals surface area contributed by atoms with Crippen LogP contribution < -0.4 is 0 Å². The Morgan fingerprint density at radius 1 is 1.64 bits per heavy atom. The maximum Gasteiger partial charge on any atom is 0.159 e. The van der Waals surface area contributed by atoms with E-state index in [-0.39, 0.29) is 0 Å². The number of hydrogen-bond donors (Lipinski definition) is 0. The molecule has 0 amide bonds. The van der Waals surface area contributed by atoms with Crippen molar-refractivity contribution < 1.29 is 4.52 Å². The first-order valence-electron chi connectivity index (χ1n) is 5.17. The van der Waals surface area contributed by atoms with Gasteiger partial charge in [-0.3, -0.25) is 4.90 Å². The van der Waals surface area contributed by atoms with Crippen LogP contribution >= 0.6 is 0 Å². The van der Waals surface area contributed by atoms with Gasteiger partial charge in [-0.15, -0.1) is 0 Å². The van der Waals surface area contributed by atoms with Gasteiger partial charge in [-0.25, -0.2) is 0 Å². The lowest BCUT2D eigenvalue weighted by atomic mass is 9.98. The molecule has 2 bridgehead atoms. The molecule has 3 rings (SSSR count). The second-order valence-electron chi connectivity index (χ2n) is 4.31. The number of nitrogens with zero attached hydrogens (tertiary/aromatic N) is 2. The Labute approximate surface area is 83.4 Å². The highest BCUT2D eigenvalue weighted by Gasteiger charge is 2.33. The molecule has 2 aliphatic rings. The van der Waals surface area contributed by atoms with Crippen molar-refractivity contribution in [2.75, 3.05) is 19.6 Å². The lowest BCUT2D eigenvalue weighted by molar-refractivity contribution is 0.391. The maximum atomic E-state index is 5.19. The van der Waals surface area contributed by atoms with E-state index in [1.165, 1.54) is 25.1 Å². The molecule has 0 aromatic carbocycles. The van der Waals surface area contributed by atoms with Crippen LogP contribution in [-0.4, -0.2) is 29.7 Å². The highest BCUT2D eigenvalue weighted by molar-refractivity contribution is 5.50. The normalized spacial score (nSPS) is 33.1. The Bertz CT molecular complexity index is 380. The van der Waals surface area contributed by atoms with Crippen LogP contribution in [0, 0.1) is 12.8 Å². The fourth-order valence-corrected chi connectivity index (χ4v) is 2.46. The van der Waals surface area contributed by atoms with E-state index in [9.17, 15) is 0 Å². The first-order chi connectivity index (χ1) is 6.81. The predicted molar refractivity (Wildman–Crippen MR) is 53.8 cm³/mol. The van der Waals surface area contributed by atoms with Crippen molar-refractivity contribution >= 4 is 6.08 Å². The van der Waals surface area contributed by atoms with Crippen LogP contribution in [0.2, 0.25) is 0 Å². The van der Waals surface area contributed by atoms with Crippen LogP contribution in [0.15, 0.2) is 16.2 Å². The number of hydrogen-bond acceptors (Lipinski definition) is 3. The van der Waals surface area contributed by atoms with E-state index >= 15 is 0 Å². The second-order valence-corrected chi connectivity index (χ2v) is 4.31. The minimum Gasteiger partial charge on any atom is -0.357 e. The molecule has 74 valence electrons. The van der Waals surface area contributed by atoms with Crippen molar-refractivity contribution in [2.24, 2.45) is 5.92 Å². The molecule has 2 fully saturated rings. The molecule has 3 heterocycles. The zero-order chi connectivity index (χ0) is 9.54. The smallest absolute Gasteiger partial charge is 0.159 e. The molecular formula is C11H14N2O. The van der Waals surface area contributed by atoms with Crippen LogP contribution in [0.5, 0.6) is 0 Å². The zero-order valence-electron chi connectivity index (χ0n) is 8.36. The summed E-state index contributed by atoms with van der Waals surface area (Å²) in [6.07, 6.45) is 3.49. The lowest BCUT2D eigenvalue weighted by Gasteiger charge is -2.13. The molecule has 2 aliphatic heterocycles. The van der Waals surface area contributed by atoms with E-state index in [2.05, 4.69) is 16.1 Å². The average molecular weight is 190 g/mol. The van der Waals surface area contributed by atoms with Gasteiger partial charge < -0.3 is 4.52 Å². The summed E-state index contributed by atoms with van der Waals surface area (Å²) in [4.78, 5) is 2.50. The van der Waals surface area contributed by atoms with Gasteiger partial charge in [0.1, 0.15) is 0 Å². The van der Waals surface area contributed by atoms with Gasteiger partial charge in [-0.05, 0) is 37.5 Å². The van der Waals surface area contributed by atoms with Crippen molar-refractivity contribution in [1.82, 2.24) is 10.1 Å². The highest BCUT2D eigenvalue weighted by atomic mass is 16.5. The quantitative estimate of drug-likeness (QED) is 0.675. The summed E-state index contributed by atoms with van der Waals surface area (Å²) in [7, 11) is 0. The van der Waals surface area contributed by atoms with Crippen molar-refractivity contribution in [3.63, 3.8) is 0 Å². The Balaban J connectivity index is 1.85. The summed E-state index contributed by atoms with van der Waals surface area (Å²) in [6, 6.07) is 1.99. The van der Waals surface area contributed by atoms with Gasteiger partial charge in [-0.1, -0.05) is 5.16 Å². The molecule has 1 aromatic heterocycles. The van der Waals surface area contributed by atoms with Crippen molar-refractivity contribution in [3.05, 3.63) is 23.1 Å². The molecular weight excluding hydrogens is 176 g/mol. The number of fused-ring (bicyclic) bond motifs is 2. The maximum absolute atomic E-state index is 5.19. The third-order valence-electron chi connectivity index (χ3n) is 3.18. The van der Waals surface area contributed by atoms with E-state index in [1.54, 1.807) is 0 Å². The van der Waals surface area contributed by atoms with Crippen molar-refractivity contribution in [2.45, 2.75) is 13.3 Å². The van der Waals surface area contributed by atoms with Gasteiger partial charge in [0.25, 0.3) is 0 Å². The van der Waals surface area contributed by atoms with E-state index in [1.807, 2.05) is 13.0 Å². The standard InChI is InChI=1S/C11H14N2O/c1-8-4-11(14-12-8)5-10-7-13-3-2-9(10)6-13/h4-5,9H,2-3,6-7H2,1H3/b10-5-/t9-/m0/s1. The summed E-state index contributed by atoms with van der Waals surface area (Å²) in [5, 5.41) is 3.89. The fraction of sp³-hybridized carbons (Fsp3) is 0.545. The predicted octanol–water partition coefficient (Wildman–Crippen LogP) is 1.70. The highest BCUT2D eigenvalue weighted by Crippen LogP contribution is 2.33. The van der Waals surface area contributed by atoms with E-state index in [4.69, 9.17) is 4.52 Å². The largest absolute Gasteiger partial charge is 0.357 e. The zero-order valence-corrected chi connectivity index (χ0v) is 8.36. The SMILES string of the molecule is Cc1cc(/C=C2/CN3CC[C@H]2C3)on1. The van der Waals surface area contributed by atoms with Gasteiger partial charge in [0.2, 0.25) is 0 Å². The molecule has 3 nitrogen and oxygen atoms in total. The summed E-state index contributed by atoms with van der Waals surface area (Å²) in [5.74, 6) is 1.69. The molecule has 0 aliphatic carbocycles. The Morgan fingerprint density at radius 2 is 2.57 bits per heavy atom. The fourth-order valence-electron chi connectivity index (χ4n) is 2.46. The minimum absolute atomic E-state index is 0.778. The molecule has 2 saturated heterocycles. The number of piperidine rings is 1. The summed E-state index contributed by atoms with van der Waals surface area (Å²) in [6.45, 7) is 5.61. The Kier molecular flexibility index (Phi) is 1.74. The van der Waals surface area contributed by atoms with Crippen molar-refractivity contribution in [3.8, 4) is 0 Å². The molecule has 2 atom stereocenters. The molecule has 0 radical (unpaired) electrons. The molecule has 0 saturated carbocycles. The third-order valence-corrected chi connectivity index (χ3v) is 3.18. The Morgan fingerprint density at radius 3 is 3.14 bits per heavy atom. The molecule has 1 aromatic rings. The van der Waals surface area contributed by atoms with E-state index in [0.29, 0.717) is 0 Å². The third kappa shape index (κ3) is 1.28. The van der Waals surface area contributed by atoms with Crippen molar-refractivity contribution in [1.29, 1.82) is 0 Å². The van der Waals surface area contributed by atoms with Crippen LogP contribution in [0.1, 0.15) is 17.9 Å². The van der Waals surface area contributed by atoms with Gasteiger partial charge in [-0.2, -0.15) is 0 Å². The number of aromatic nitrogens is 1. The molecule has 0 spiro atoms. The van der Waals surface area contributed by atoms with Gasteiger partial charge >= 0.3 is 0 Å². The van der Waals surface area contributed by atoms with Gasteiger partial charge in [0.15, 0.2) is 5.76 Å². The molecule has 3 heteroatoms. The van der Waals surface area contributed by atoms with Crippen LogP contribution in [0.3, 0.4) is 0 Å². The first-order valence-corrected chi connectivity index (χ1v) is 5.17. The summed E-state index contributed by atoms with van der Waals surface area (Å²) < 4.78 is 5.19. The lowest BCUT2D eigenvalue weighted by Crippen LogP contribution is -2.17. The van der Waals surface area contributed by atoms with Crippen LogP contribution in [0.4, 0.5) is 0 Å². The average Bonchev–Trinajstić information content (AvgIpc) is 2.82. The molecule has 1 unspecified atom stereocenters. The van der Waals surface area contributed by atoms with Gasteiger partial charge in [0.05, 0.1) is 5.69 Å². The monoisotopic (exact) mass is 190 g/mol.